The molecule has 0 N–H and O–H groups in total. The number of aryl methyl sites for hydroxylation is 2. The molecule has 0 saturated heterocycles. The van der Waals surface area contributed by atoms with Gasteiger partial charge in [-0.25, -0.2) is 17.6 Å². The summed E-state index contributed by atoms with van der Waals surface area (Å²) < 4.78 is 67.4. The Bertz CT molecular complexity index is 700. The third-order valence-corrected chi connectivity index (χ3v) is 4.39. The quantitative estimate of drug-likeness (QED) is 0.224. The van der Waals surface area contributed by atoms with E-state index in [9.17, 15) is 22.8 Å². The van der Waals surface area contributed by atoms with Gasteiger partial charge in [0.2, 0.25) is 0 Å². The summed E-state index contributed by atoms with van der Waals surface area (Å²) in [5.41, 5.74) is -5.65. The Morgan fingerprint density at radius 3 is 2.32 bits per heavy atom. The molecular formula is C12H17F3N2O6S2. The van der Waals surface area contributed by atoms with Crippen LogP contribution in [0.2, 0.25) is 0 Å². The van der Waals surface area contributed by atoms with Gasteiger partial charge in [0.25, 0.3) is 0 Å². The highest BCUT2D eigenvalue weighted by molar-refractivity contribution is 7.99. The standard InChI is InChI=1S/C11H17N2O3S.CHF3O3S/c1-9(14)8-17-11-12(2)6-7-13(11)5-4-10(15)16-3;2-1(3,4)8(5,6)7/h6-7H,4-5,8H2,1-3H3;(H,5,6,7)/q+1;/p-1. The molecule has 25 heavy (non-hydrogen) atoms. The van der Waals surface area contributed by atoms with Crippen LogP contribution in [0.1, 0.15) is 13.3 Å². The minimum atomic E-state index is -6.09. The molecule has 8 nitrogen and oxygen atoms in total. The molecule has 0 amide bonds. The number of aromatic nitrogens is 2. The normalized spacial score (nSPS) is 11.5. The summed E-state index contributed by atoms with van der Waals surface area (Å²) in [6, 6.07) is 0. The zero-order valence-electron chi connectivity index (χ0n) is 13.6. The number of thioether (sulfide) groups is 1. The maximum absolute atomic E-state index is 11.1. The Hall–Kier alpha value is -1.60. The van der Waals surface area contributed by atoms with Gasteiger partial charge in [-0.15, -0.1) is 0 Å². The van der Waals surface area contributed by atoms with E-state index in [4.69, 9.17) is 13.0 Å². The van der Waals surface area contributed by atoms with Crippen molar-refractivity contribution >= 4 is 33.6 Å². The summed E-state index contributed by atoms with van der Waals surface area (Å²) >= 11 is 1.47. The van der Waals surface area contributed by atoms with Gasteiger partial charge >= 0.3 is 16.6 Å². The molecule has 13 heteroatoms. The fraction of sp³-hybridized carbons (Fsp3) is 0.583. The van der Waals surface area contributed by atoms with Gasteiger partial charge in [0.15, 0.2) is 10.1 Å². The molecular weight excluding hydrogens is 389 g/mol. The fourth-order valence-corrected chi connectivity index (χ4v) is 2.26. The van der Waals surface area contributed by atoms with Crippen LogP contribution in [0.4, 0.5) is 13.2 Å². The van der Waals surface area contributed by atoms with Crippen molar-refractivity contribution < 1.29 is 45.0 Å². The number of ether oxygens (including phenoxy) is 1. The predicted molar refractivity (Wildman–Crippen MR) is 79.4 cm³/mol. The monoisotopic (exact) mass is 406 g/mol. The number of nitrogens with zero attached hydrogens (tertiary/aromatic N) is 2. The number of hydrogen-bond acceptors (Lipinski definition) is 7. The van der Waals surface area contributed by atoms with Crippen LogP contribution in [-0.4, -0.2) is 47.7 Å². The maximum atomic E-state index is 11.1. The lowest BCUT2D eigenvalue weighted by Crippen LogP contribution is -2.29. The van der Waals surface area contributed by atoms with Gasteiger partial charge < -0.3 is 9.29 Å². The second kappa shape index (κ2) is 9.77. The van der Waals surface area contributed by atoms with Crippen molar-refractivity contribution in [1.82, 2.24) is 4.57 Å². The summed E-state index contributed by atoms with van der Waals surface area (Å²) in [7, 11) is -2.80. The molecule has 0 bridgehead atoms. The highest BCUT2D eigenvalue weighted by Crippen LogP contribution is 2.20. The smallest absolute Gasteiger partial charge is 0.485 e. The number of methoxy groups -OCH3 is 1. The summed E-state index contributed by atoms with van der Waals surface area (Å²) in [6.07, 6.45) is 4.13. The van der Waals surface area contributed by atoms with E-state index in [0.717, 1.165) is 5.16 Å². The molecule has 144 valence electrons. The summed E-state index contributed by atoms with van der Waals surface area (Å²) in [5.74, 6) is 0.343. The first-order valence-corrected chi connectivity index (χ1v) is 8.95. The molecule has 1 aromatic heterocycles. The van der Waals surface area contributed by atoms with Crippen molar-refractivity contribution in [2.75, 3.05) is 12.9 Å². The number of Topliss-reactive ketones (excluding diaryl/α,β-unsaturated/α-hetero) is 1. The topological polar surface area (TPSA) is 109 Å². The number of carbonyl (C=O) groups excluding carboxylic acids is 2. The van der Waals surface area contributed by atoms with Gasteiger partial charge in [-0.05, 0) is 18.7 Å². The van der Waals surface area contributed by atoms with Gasteiger partial charge in [0.1, 0.15) is 24.7 Å². The van der Waals surface area contributed by atoms with Crippen molar-refractivity contribution in [3.8, 4) is 0 Å². The SMILES string of the molecule is COC(=O)CCn1cc[n+](C)c1SCC(C)=O.O=S(=O)([O-])C(F)(F)F. The second-order valence-corrected chi connectivity index (χ2v) is 6.92. The van der Waals surface area contributed by atoms with Crippen LogP contribution in [0.3, 0.4) is 0 Å². The van der Waals surface area contributed by atoms with E-state index in [1.165, 1.54) is 18.9 Å². The summed E-state index contributed by atoms with van der Waals surface area (Å²) in [4.78, 5) is 22.0. The number of esters is 1. The highest BCUT2D eigenvalue weighted by atomic mass is 32.2. The van der Waals surface area contributed by atoms with Crippen LogP contribution in [0.5, 0.6) is 0 Å². The minimum absolute atomic E-state index is 0.135. The zero-order chi connectivity index (χ0) is 19.8. The number of carbonyl (C=O) groups is 2. The molecule has 1 rings (SSSR count). The van der Waals surface area contributed by atoms with Gasteiger partial charge in [-0.2, -0.15) is 13.2 Å². The van der Waals surface area contributed by atoms with Crippen LogP contribution in [0.25, 0.3) is 0 Å². The molecule has 1 heterocycles. The molecule has 0 fully saturated rings. The summed E-state index contributed by atoms with van der Waals surface area (Å²) in [6.45, 7) is 2.13. The van der Waals surface area contributed by atoms with Crippen molar-refractivity contribution in [3.05, 3.63) is 12.4 Å². The van der Waals surface area contributed by atoms with Crippen molar-refractivity contribution in [2.45, 2.75) is 30.6 Å². The second-order valence-electron chi connectivity index (χ2n) is 4.60. The number of imidazole rings is 1. The average molecular weight is 406 g/mol. The molecule has 0 unspecified atom stereocenters. The first-order chi connectivity index (χ1) is 11.3. The lowest BCUT2D eigenvalue weighted by atomic mass is 10.4. The van der Waals surface area contributed by atoms with Gasteiger partial charge in [-0.1, -0.05) is 0 Å². The van der Waals surface area contributed by atoms with Crippen LogP contribution >= 0.6 is 11.8 Å². The molecule has 0 aliphatic rings. The van der Waals surface area contributed by atoms with E-state index in [0.29, 0.717) is 18.7 Å². The van der Waals surface area contributed by atoms with E-state index < -0.39 is 15.6 Å². The van der Waals surface area contributed by atoms with Crippen molar-refractivity contribution in [3.63, 3.8) is 0 Å². The molecule has 0 saturated carbocycles. The molecule has 0 spiro atoms. The first-order valence-electron chi connectivity index (χ1n) is 6.55. The van der Waals surface area contributed by atoms with E-state index >= 15 is 0 Å². The van der Waals surface area contributed by atoms with E-state index in [1.54, 1.807) is 6.92 Å². The number of halogens is 3. The van der Waals surface area contributed by atoms with E-state index in [1.807, 2.05) is 28.6 Å². The number of alkyl halides is 3. The highest BCUT2D eigenvalue weighted by Gasteiger charge is 2.36. The van der Waals surface area contributed by atoms with Gasteiger partial charge in [0.05, 0.1) is 26.3 Å². The predicted octanol–water partition coefficient (Wildman–Crippen LogP) is 0.608. The maximum Gasteiger partial charge on any atom is 0.485 e. The van der Waals surface area contributed by atoms with Gasteiger partial charge in [0, 0.05) is 0 Å². The van der Waals surface area contributed by atoms with Crippen molar-refractivity contribution in [1.29, 1.82) is 0 Å². The number of rotatable bonds is 6. The van der Waals surface area contributed by atoms with Crippen LogP contribution in [-0.2, 0) is 38.0 Å². The third kappa shape index (κ3) is 8.88. The van der Waals surface area contributed by atoms with Crippen LogP contribution in [0.15, 0.2) is 17.6 Å². The zero-order valence-corrected chi connectivity index (χ0v) is 15.2. The Kier molecular flexibility index (Phi) is 9.15. The lowest BCUT2D eigenvalue weighted by molar-refractivity contribution is -0.709. The molecule has 0 aliphatic heterocycles. The summed E-state index contributed by atoms with van der Waals surface area (Å²) in [5, 5.41) is 0.962. The Labute approximate surface area is 146 Å². The average Bonchev–Trinajstić information content (AvgIpc) is 2.81. The van der Waals surface area contributed by atoms with E-state index in [2.05, 4.69) is 4.74 Å². The molecule has 0 atom stereocenters. The molecule has 0 radical (unpaired) electrons. The molecule has 1 aromatic rings. The number of ketones is 1. The third-order valence-electron chi connectivity index (χ3n) is 2.49. The lowest BCUT2D eigenvalue weighted by Gasteiger charge is -2.08. The minimum Gasteiger partial charge on any atom is -0.741 e. The van der Waals surface area contributed by atoms with Crippen LogP contribution < -0.4 is 4.57 Å². The molecule has 0 aliphatic carbocycles. The Balaban J connectivity index is 0.000000609. The van der Waals surface area contributed by atoms with Crippen LogP contribution in [0, 0.1) is 0 Å². The number of hydrogen-bond donors (Lipinski definition) is 0. The fourth-order valence-electron chi connectivity index (χ4n) is 1.35. The van der Waals surface area contributed by atoms with E-state index in [-0.39, 0.29) is 11.8 Å². The van der Waals surface area contributed by atoms with Gasteiger partial charge in [-0.3, -0.25) is 9.59 Å². The Morgan fingerprint density at radius 1 is 1.40 bits per heavy atom. The Morgan fingerprint density at radius 2 is 1.92 bits per heavy atom. The molecule has 0 aromatic carbocycles. The first kappa shape index (κ1) is 23.4. The van der Waals surface area contributed by atoms with Crippen molar-refractivity contribution in [2.24, 2.45) is 7.05 Å². The largest absolute Gasteiger partial charge is 0.741 e.